The lowest BCUT2D eigenvalue weighted by Gasteiger charge is -2.07. The fourth-order valence-electron chi connectivity index (χ4n) is 1.50. The lowest BCUT2D eigenvalue weighted by molar-refractivity contribution is -0.384. The fraction of sp³-hybridized carbons (Fsp3) is 0.0909. The Hall–Kier alpha value is -2.90. The van der Waals surface area contributed by atoms with Crippen molar-refractivity contribution >= 4 is 17.5 Å². The van der Waals surface area contributed by atoms with E-state index in [1.807, 2.05) is 0 Å². The smallest absolute Gasteiger partial charge is 0.270 e. The molecule has 8 nitrogen and oxygen atoms in total. The molecule has 1 aromatic heterocycles. The fourth-order valence-corrected chi connectivity index (χ4v) is 1.50. The van der Waals surface area contributed by atoms with Gasteiger partial charge < -0.3 is 9.72 Å². The minimum Gasteiger partial charge on any atom is -0.496 e. The van der Waals surface area contributed by atoms with Crippen LogP contribution in [0.1, 0.15) is 10.4 Å². The maximum atomic E-state index is 12.0. The summed E-state index contributed by atoms with van der Waals surface area (Å²) in [5.41, 5.74) is -0.126. The molecule has 0 atom stereocenters. The average molecular weight is 262 g/mol. The summed E-state index contributed by atoms with van der Waals surface area (Å²) in [7, 11) is 1.38. The van der Waals surface area contributed by atoms with Gasteiger partial charge in [-0.3, -0.25) is 20.2 Å². The minimum absolute atomic E-state index is 0.0631. The van der Waals surface area contributed by atoms with Crippen LogP contribution in [0.2, 0.25) is 0 Å². The molecule has 2 rings (SSSR count). The molecule has 0 aliphatic rings. The number of ether oxygens (including phenoxy) is 1. The number of imidazole rings is 1. The third-order valence-corrected chi connectivity index (χ3v) is 2.37. The Bertz CT molecular complexity index is 609. The molecule has 98 valence electrons. The third kappa shape index (κ3) is 2.68. The summed E-state index contributed by atoms with van der Waals surface area (Å²) in [5, 5.41) is 13.2. The lowest BCUT2D eigenvalue weighted by Crippen LogP contribution is -2.14. The second-order valence-electron chi connectivity index (χ2n) is 3.53. The van der Waals surface area contributed by atoms with Crippen LogP contribution in [-0.4, -0.2) is 27.9 Å². The molecule has 2 aromatic rings. The van der Waals surface area contributed by atoms with Gasteiger partial charge in [0.15, 0.2) is 0 Å². The standard InChI is InChI=1S/C11H10N4O4/c1-19-9-3-2-7(15(17)18)6-8(9)10(16)14-11-12-4-5-13-11/h2-6H,1H3,(H2,12,13,14,16). The number of rotatable bonds is 4. The van der Waals surface area contributed by atoms with E-state index in [2.05, 4.69) is 15.3 Å². The quantitative estimate of drug-likeness (QED) is 0.642. The Morgan fingerprint density at radius 1 is 1.53 bits per heavy atom. The molecule has 1 amide bonds. The van der Waals surface area contributed by atoms with Gasteiger partial charge in [-0.1, -0.05) is 0 Å². The number of nitrogens with one attached hydrogen (secondary N) is 2. The molecule has 19 heavy (non-hydrogen) atoms. The molecule has 0 radical (unpaired) electrons. The minimum atomic E-state index is -0.580. The summed E-state index contributed by atoms with van der Waals surface area (Å²) >= 11 is 0. The number of H-pyrrole nitrogens is 1. The topological polar surface area (TPSA) is 110 Å². The number of amides is 1. The molecule has 8 heteroatoms. The van der Waals surface area contributed by atoms with Gasteiger partial charge in [-0.2, -0.15) is 0 Å². The van der Waals surface area contributed by atoms with Crippen LogP contribution in [-0.2, 0) is 0 Å². The second-order valence-corrected chi connectivity index (χ2v) is 3.53. The van der Waals surface area contributed by atoms with Crippen LogP contribution in [0.4, 0.5) is 11.6 Å². The van der Waals surface area contributed by atoms with Gasteiger partial charge in [0, 0.05) is 24.5 Å². The second kappa shape index (κ2) is 5.17. The Labute approximate surface area is 107 Å². The number of hydrogen-bond donors (Lipinski definition) is 2. The summed E-state index contributed by atoms with van der Waals surface area (Å²) in [5.74, 6) is -0.0521. The number of nitro groups is 1. The highest BCUT2D eigenvalue weighted by atomic mass is 16.6. The molecular formula is C11H10N4O4. The van der Waals surface area contributed by atoms with E-state index in [1.165, 1.54) is 25.4 Å². The molecule has 2 N–H and O–H groups in total. The molecule has 1 aromatic carbocycles. The zero-order valence-electron chi connectivity index (χ0n) is 9.91. The molecule has 0 fully saturated rings. The third-order valence-electron chi connectivity index (χ3n) is 2.37. The van der Waals surface area contributed by atoms with E-state index in [9.17, 15) is 14.9 Å². The first-order valence-electron chi connectivity index (χ1n) is 5.25. The van der Waals surface area contributed by atoms with Crippen molar-refractivity contribution in [2.75, 3.05) is 12.4 Å². The van der Waals surface area contributed by atoms with Gasteiger partial charge in [0.2, 0.25) is 5.95 Å². The van der Waals surface area contributed by atoms with Crippen LogP contribution in [0.25, 0.3) is 0 Å². The van der Waals surface area contributed by atoms with E-state index in [0.29, 0.717) is 0 Å². The van der Waals surface area contributed by atoms with Crippen molar-refractivity contribution in [3.8, 4) is 5.75 Å². The van der Waals surface area contributed by atoms with Gasteiger partial charge >= 0.3 is 0 Å². The maximum Gasteiger partial charge on any atom is 0.270 e. The van der Waals surface area contributed by atoms with E-state index in [4.69, 9.17) is 4.74 Å². The van der Waals surface area contributed by atoms with Gasteiger partial charge in [-0.05, 0) is 6.07 Å². The van der Waals surface area contributed by atoms with E-state index < -0.39 is 10.8 Å². The molecule has 0 unspecified atom stereocenters. The summed E-state index contributed by atoms with van der Waals surface area (Å²) in [6, 6.07) is 3.79. The van der Waals surface area contributed by atoms with Crippen molar-refractivity contribution in [1.29, 1.82) is 0 Å². The van der Waals surface area contributed by atoms with Crippen molar-refractivity contribution < 1.29 is 14.5 Å². The molecule has 0 aliphatic carbocycles. The van der Waals surface area contributed by atoms with E-state index in [-0.39, 0.29) is 22.9 Å². The zero-order valence-corrected chi connectivity index (χ0v) is 9.91. The number of benzene rings is 1. The summed E-state index contributed by atoms with van der Waals surface area (Å²) in [6.07, 6.45) is 3.01. The van der Waals surface area contributed by atoms with Crippen molar-refractivity contribution in [3.05, 3.63) is 46.3 Å². The van der Waals surface area contributed by atoms with Crippen molar-refractivity contribution in [1.82, 2.24) is 9.97 Å². The van der Waals surface area contributed by atoms with Crippen LogP contribution in [0, 0.1) is 10.1 Å². The molecular weight excluding hydrogens is 252 g/mol. The number of hydrogen-bond acceptors (Lipinski definition) is 5. The normalized spacial score (nSPS) is 9.95. The van der Waals surface area contributed by atoms with Gasteiger partial charge in [0.1, 0.15) is 5.75 Å². The number of carbonyl (C=O) groups is 1. The highest BCUT2D eigenvalue weighted by Crippen LogP contribution is 2.24. The summed E-state index contributed by atoms with van der Waals surface area (Å²) in [4.78, 5) is 28.6. The Morgan fingerprint density at radius 2 is 2.32 bits per heavy atom. The molecule has 0 spiro atoms. The molecule has 0 saturated heterocycles. The lowest BCUT2D eigenvalue weighted by atomic mass is 10.1. The number of aromatic nitrogens is 2. The van der Waals surface area contributed by atoms with E-state index in [0.717, 1.165) is 6.07 Å². The van der Waals surface area contributed by atoms with Crippen LogP contribution in [0.3, 0.4) is 0 Å². The van der Waals surface area contributed by atoms with Gasteiger partial charge in [-0.25, -0.2) is 4.98 Å². The number of non-ortho nitro benzene ring substituents is 1. The number of aromatic amines is 1. The van der Waals surface area contributed by atoms with Crippen molar-refractivity contribution in [2.24, 2.45) is 0 Å². The first kappa shape index (κ1) is 12.6. The number of nitro benzene ring substituents is 1. The van der Waals surface area contributed by atoms with Crippen molar-refractivity contribution in [2.45, 2.75) is 0 Å². The highest BCUT2D eigenvalue weighted by molar-refractivity contribution is 6.05. The van der Waals surface area contributed by atoms with Crippen LogP contribution in [0.15, 0.2) is 30.6 Å². The Kier molecular flexibility index (Phi) is 3.42. The Balaban J connectivity index is 2.33. The van der Waals surface area contributed by atoms with Gasteiger partial charge in [0.05, 0.1) is 17.6 Å². The SMILES string of the molecule is COc1ccc([N+](=O)[O-])cc1C(=O)Nc1ncc[nH]1. The average Bonchev–Trinajstić information content (AvgIpc) is 2.90. The number of carbonyl (C=O) groups excluding carboxylic acids is 1. The number of nitrogens with zero attached hydrogens (tertiary/aromatic N) is 2. The summed E-state index contributed by atoms with van der Waals surface area (Å²) in [6.45, 7) is 0. The van der Waals surface area contributed by atoms with Crippen LogP contribution in [0.5, 0.6) is 5.75 Å². The molecule has 0 saturated carbocycles. The number of anilines is 1. The van der Waals surface area contributed by atoms with E-state index in [1.54, 1.807) is 6.20 Å². The van der Waals surface area contributed by atoms with E-state index >= 15 is 0 Å². The van der Waals surface area contributed by atoms with Gasteiger partial charge in [-0.15, -0.1) is 0 Å². The maximum absolute atomic E-state index is 12.0. The first-order valence-corrected chi connectivity index (χ1v) is 5.25. The largest absolute Gasteiger partial charge is 0.496 e. The predicted molar refractivity (Wildman–Crippen MR) is 66.2 cm³/mol. The predicted octanol–water partition coefficient (Wildman–Crippen LogP) is 1.58. The molecule has 0 aliphatic heterocycles. The highest BCUT2D eigenvalue weighted by Gasteiger charge is 2.18. The monoisotopic (exact) mass is 262 g/mol. The Morgan fingerprint density at radius 3 is 2.89 bits per heavy atom. The zero-order chi connectivity index (χ0) is 13.8. The van der Waals surface area contributed by atoms with Crippen LogP contribution < -0.4 is 10.1 Å². The van der Waals surface area contributed by atoms with Gasteiger partial charge in [0.25, 0.3) is 11.6 Å². The number of methoxy groups -OCH3 is 1. The van der Waals surface area contributed by atoms with Crippen molar-refractivity contribution in [3.63, 3.8) is 0 Å². The first-order chi connectivity index (χ1) is 9.11. The molecule has 1 heterocycles. The van der Waals surface area contributed by atoms with Crippen LogP contribution >= 0.6 is 0 Å². The summed E-state index contributed by atoms with van der Waals surface area (Å²) < 4.78 is 5.01. The molecule has 0 bridgehead atoms.